The molecule has 0 saturated carbocycles. The van der Waals surface area contributed by atoms with Gasteiger partial charge in [-0.15, -0.1) is 0 Å². The molecule has 3 nitrogen and oxygen atoms in total. The van der Waals surface area contributed by atoms with Crippen molar-refractivity contribution in [1.29, 1.82) is 5.41 Å². The fourth-order valence-electron chi connectivity index (χ4n) is 0.764. The molecule has 0 atom stereocenters. The van der Waals surface area contributed by atoms with Gasteiger partial charge in [-0.2, -0.15) is 11.8 Å². The number of rotatable bonds is 8. The Morgan fingerprint density at radius 2 is 2.17 bits per heavy atom. The van der Waals surface area contributed by atoms with Gasteiger partial charge in [-0.05, 0) is 18.6 Å². The monoisotopic (exact) mass is 190 g/mol. The molecule has 0 aliphatic heterocycles. The summed E-state index contributed by atoms with van der Waals surface area (Å²) in [4.78, 5) is 0. The van der Waals surface area contributed by atoms with E-state index in [0.717, 1.165) is 37.4 Å². The van der Waals surface area contributed by atoms with Crippen LogP contribution >= 0.6 is 11.8 Å². The van der Waals surface area contributed by atoms with Crippen LogP contribution in [0.15, 0.2) is 0 Å². The highest BCUT2D eigenvalue weighted by Crippen LogP contribution is 2.05. The largest absolute Gasteiger partial charge is 0.388 e. The minimum Gasteiger partial charge on any atom is -0.388 e. The predicted molar refractivity (Wildman–Crippen MR) is 55.0 cm³/mol. The fourth-order valence-corrected chi connectivity index (χ4v) is 1.66. The van der Waals surface area contributed by atoms with E-state index in [0.29, 0.717) is 5.84 Å². The molecule has 0 aromatic carbocycles. The zero-order valence-electron chi connectivity index (χ0n) is 7.64. The summed E-state index contributed by atoms with van der Waals surface area (Å²) >= 11 is 1.89. The number of nitrogens with one attached hydrogen (secondary N) is 1. The number of hydrogen-bond acceptors (Lipinski definition) is 3. The van der Waals surface area contributed by atoms with Crippen LogP contribution in [0, 0.1) is 5.41 Å². The maximum Gasteiger partial charge on any atom is 0.0905 e. The first kappa shape index (κ1) is 11.8. The van der Waals surface area contributed by atoms with Crippen LogP contribution in [0.2, 0.25) is 0 Å². The predicted octanol–water partition coefficient (Wildman–Crippen LogP) is 1.47. The summed E-state index contributed by atoms with van der Waals surface area (Å²) in [5.41, 5.74) is 5.21. The second kappa shape index (κ2) is 8.87. The number of ether oxygens (including phenoxy) is 1. The standard InChI is InChI=1S/C8H18N2OS/c1-11-5-7-12-6-3-2-4-8(9)10/h2-7H2,1H3,(H3,9,10). The molecule has 0 rings (SSSR count). The number of amidine groups is 1. The Bertz CT molecular complexity index is 120. The summed E-state index contributed by atoms with van der Waals surface area (Å²) in [6.45, 7) is 0.831. The van der Waals surface area contributed by atoms with E-state index in [-0.39, 0.29) is 0 Å². The van der Waals surface area contributed by atoms with Crippen molar-refractivity contribution in [2.75, 3.05) is 25.2 Å². The first-order valence-electron chi connectivity index (χ1n) is 4.17. The molecule has 0 spiro atoms. The molecule has 0 aromatic heterocycles. The summed E-state index contributed by atoms with van der Waals surface area (Å²) < 4.78 is 4.91. The van der Waals surface area contributed by atoms with Gasteiger partial charge in [0.1, 0.15) is 0 Å². The quantitative estimate of drug-likeness (QED) is 0.346. The second-order valence-corrected chi connectivity index (χ2v) is 3.81. The Balaban J connectivity index is 2.86. The van der Waals surface area contributed by atoms with Crippen LogP contribution in [0.25, 0.3) is 0 Å². The van der Waals surface area contributed by atoms with Crippen LogP contribution in [0.5, 0.6) is 0 Å². The molecular formula is C8H18N2OS. The van der Waals surface area contributed by atoms with E-state index < -0.39 is 0 Å². The van der Waals surface area contributed by atoms with Crippen LogP contribution < -0.4 is 5.73 Å². The molecule has 0 unspecified atom stereocenters. The Labute approximate surface area is 78.6 Å². The highest BCUT2D eigenvalue weighted by atomic mass is 32.2. The van der Waals surface area contributed by atoms with Gasteiger partial charge in [0.05, 0.1) is 12.4 Å². The van der Waals surface area contributed by atoms with E-state index in [1.807, 2.05) is 11.8 Å². The van der Waals surface area contributed by atoms with Gasteiger partial charge in [-0.25, -0.2) is 0 Å². The molecule has 0 amide bonds. The maximum absolute atomic E-state index is 6.99. The molecular weight excluding hydrogens is 172 g/mol. The van der Waals surface area contributed by atoms with E-state index in [1.54, 1.807) is 7.11 Å². The molecule has 0 saturated heterocycles. The normalized spacial score (nSPS) is 10.1. The first-order valence-corrected chi connectivity index (χ1v) is 5.32. The van der Waals surface area contributed by atoms with Crippen molar-refractivity contribution in [3.05, 3.63) is 0 Å². The average Bonchev–Trinajstić information content (AvgIpc) is 2.02. The van der Waals surface area contributed by atoms with Gasteiger partial charge in [0, 0.05) is 19.3 Å². The third kappa shape index (κ3) is 9.78. The Kier molecular flexibility index (Phi) is 8.71. The number of methoxy groups -OCH3 is 1. The number of nitrogens with two attached hydrogens (primary N) is 1. The van der Waals surface area contributed by atoms with Crippen molar-refractivity contribution in [1.82, 2.24) is 0 Å². The maximum atomic E-state index is 6.99. The van der Waals surface area contributed by atoms with Gasteiger partial charge in [-0.3, -0.25) is 5.41 Å². The van der Waals surface area contributed by atoms with Gasteiger partial charge in [0.25, 0.3) is 0 Å². The number of unbranched alkanes of at least 4 members (excludes halogenated alkanes) is 1. The molecule has 72 valence electrons. The zero-order valence-corrected chi connectivity index (χ0v) is 8.45. The van der Waals surface area contributed by atoms with Crippen LogP contribution in [-0.2, 0) is 4.74 Å². The summed E-state index contributed by atoms with van der Waals surface area (Å²) in [6.07, 6.45) is 2.92. The van der Waals surface area contributed by atoms with E-state index >= 15 is 0 Å². The van der Waals surface area contributed by atoms with Crippen LogP contribution in [0.3, 0.4) is 0 Å². The van der Waals surface area contributed by atoms with E-state index in [4.69, 9.17) is 15.9 Å². The summed E-state index contributed by atoms with van der Waals surface area (Å²) in [6, 6.07) is 0. The molecule has 12 heavy (non-hydrogen) atoms. The molecule has 0 fully saturated rings. The third-order valence-corrected chi connectivity index (χ3v) is 2.45. The summed E-state index contributed by atoms with van der Waals surface area (Å²) in [5.74, 6) is 2.52. The number of hydrogen-bond donors (Lipinski definition) is 2. The zero-order chi connectivity index (χ0) is 9.23. The van der Waals surface area contributed by atoms with E-state index in [2.05, 4.69) is 0 Å². The SMILES string of the molecule is COCCSCCCCC(=N)N. The summed E-state index contributed by atoms with van der Waals surface area (Å²) in [7, 11) is 1.72. The van der Waals surface area contributed by atoms with E-state index in [9.17, 15) is 0 Å². The van der Waals surface area contributed by atoms with Gasteiger partial charge >= 0.3 is 0 Å². The lowest BCUT2D eigenvalue weighted by atomic mass is 10.2. The van der Waals surface area contributed by atoms with Gasteiger partial charge in [0.15, 0.2) is 0 Å². The summed E-state index contributed by atoms with van der Waals surface area (Å²) in [5, 5.41) is 6.99. The molecule has 3 N–H and O–H groups in total. The van der Waals surface area contributed by atoms with Crippen molar-refractivity contribution in [3.63, 3.8) is 0 Å². The fraction of sp³-hybridized carbons (Fsp3) is 0.875. The Morgan fingerprint density at radius 3 is 2.75 bits per heavy atom. The van der Waals surface area contributed by atoms with E-state index in [1.165, 1.54) is 0 Å². The van der Waals surface area contributed by atoms with Crippen LogP contribution in [0.1, 0.15) is 19.3 Å². The Hall–Kier alpha value is -0.220. The van der Waals surface area contributed by atoms with Crippen LogP contribution in [0.4, 0.5) is 0 Å². The van der Waals surface area contributed by atoms with Gasteiger partial charge in [0.2, 0.25) is 0 Å². The lowest BCUT2D eigenvalue weighted by Crippen LogP contribution is -2.08. The molecule has 4 heteroatoms. The average molecular weight is 190 g/mol. The molecule has 0 bridgehead atoms. The first-order chi connectivity index (χ1) is 5.77. The molecule has 0 aliphatic carbocycles. The van der Waals surface area contributed by atoms with Crippen molar-refractivity contribution in [2.24, 2.45) is 5.73 Å². The van der Waals surface area contributed by atoms with Gasteiger partial charge in [-0.1, -0.05) is 0 Å². The minimum absolute atomic E-state index is 0.303. The highest BCUT2D eigenvalue weighted by molar-refractivity contribution is 7.99. The van der Waals surface area contributed by atoms with Crippen molar-refractivity contribution < 1.29 is 4.74 Å². The molecule has 0 radical (unpaired) electrons. The highest BCUT2D eigenvalue weighted by Gasteiger charge is 1.92. The third-order valence-electron chi connectivity index (χ3n) is 1.42. The topological polar surface area (TPSA) is 59.1 Å². The molecule has 0 heterocycles. The van der Waals surface area contributed by atoms with Crippen molar-refractivity contribution in [3.8, 4) is 0 Å². The Morgan fingerprint density at radius 1 is 1.42 bits per heavy atom. The number of thioether (sulfide) groups is 1. The lowest BCUT2D eigenvalue weighted by Gasteiger charge is -2.00. The van der Waals surface area contributed by atoms with Gasteiger partial charge < -0.3 is 10.5 Å². The minimum atomic E-state index is 0.303. The molecule has 0 aliphatic rings. The lowest BCUT2D eigenvalue weighted by molar-refractivity contribution is 0.218. The van der Waals surface area contributed by atoms with Crippen LogP contribution in [-0.4, -0.2) is 31.1 Å². The van der Waals surface area contributed by atoms with Crippen molar-refractivity contribution in [2.45, 2.75) is 19.3 Å². The van der Waals surface area contributed by atoms with Crippen molar-refractivity contribution >= 4 is 17.6 Å². The molecule has 0 aromatic rings. The smallest absolute Gasteiger partial charge is 0.0905 e. The second-order valence-electron chi connectivity index (χ2n) is 2.59.